The highest BCUT2D eigenvalue weighted by atomic mass is 16.1. The number of nitrogens with zero attached hydrogens (tertiary/aromatic N) is 1. The zero-order chi connectivity index (χ0) is 22.0. The summed E-state index contributed by atoms with van der Waals surface area (Å²) in [6.07, 6.45) is 11.1. The number of carbonyl (C=O) groups excluding carboxylic acids is 1. The van der Waals surface area contributed by atoms with Crippen LogP contribution in [0.3, 0.4) is 0 Å². The summed E-state index contributed by atoms with van der Waals surface area (Å²) in [5.74, 6) is 1.95. The normalized spacial score (nSPS) is 22.0. The molecule has 3 nitrogen and oxygen atoms in total. The summed E-state index contributed by atoms with van der Waals surface area (Å²) in [7, 11) is 0. The number of hydrogen-bond acceptors (Lipinski definition) is 2. The lowest BCUT2D eigenvalue weighted by Crippen LogP contribution is -2.38. The second-order valence-electron chi connectivity index (χ2n) is 10.1. The quantitative estimate of drug-likeness (QED) is 0.512. The van der Waals surface area contributed by atoms with Crippen molar-refractivity contribution in [2.75, 3.05) is 13.1 Å². The van der Waals surface area contributed by atoms with Gasteiger partial charge in [-0.05, 0) is 61.5 Å². The van der Waals surface area contributed by atoms with Gasteiger partial charge in [0.25, 0.3) is 0 Å². The van der Waals surface area contributed by atoms with E-state index >= 15 is 0 Å². The van der Waals surface area contributed by atoms with Crippen molar-refractivity contribution in [3.05, 3.63) is 71.8 Å². The first-order valence-corrected chi connectivity index (χ1v) is 12.8. The summed E-state index contributed by atoms with van der Waals surface area (Å²) in [6, 6.07) is 21.6. The van der Waals surface area contributed by atoms with Crippen LogP contribution < -0.4 is 5.32 Å². The number of amides is 1. The molecule has 2 fully saturated rings. The Morgan fingerprint density at radius 2 is 1.28 bits per heavy atom. The summed E-state index contributed by atoms with van der Waals surface area (Å²) < 4.78 is 0. The van der Waals surface area contributed by atoms with E-state index in [0.29, 0.717) is 17.7 Å². The van der Waals surface area contributed by atoms with E-state index in [1.165, 1.54) is 56.1 Å². The Hall–Kier alpha value is -2.13. The molecule has 2 aromatic rings. The van der Waals surface area contributed by atoms with Crippen LogP contribution in [0.2, 0.25) is 0 Å². The van der Waals surface area contributed by atoms with Gasteiger partial charge in [0.2, 0.25) is 5.91 Å². The van der Waals surface area contributed by atoms with Crippen LogP contribution in [0.15, 0.2) is 60.7 Å². The number of benzene rings is 2. The van der Waals surface area contributed by atoms with Crippen LogP contribution in [-0.4, -0.2) is 23.9 Å². The highest BCUT2D eigenvalue weighted by molar-refractivity contribution is 5.78. The number of hydrogen-bond donors (Lipinski definition) is 1. The molecular formula is C29H40N2O. The molecule has 0 aliphatic heterocycles. The van der Waals surface area contributed by atoms with Gasteiger partial charge < -0.3 is 5.32 Å². The Kier molecular flexibility index (Phi) is 8.79. The zero-order valence-electron chi connectivity index (χ0n) is 19.6. The van der Waals surface area contributed by atoms with Gasteiger partial charge in [0.15, 0.2) is 0 Å². The van der Waals surface area contributed by atoms with Gasteiger partial charge in [0.1, 0.15) is 0 Å². The molecular weight excluding hydrogens is 392 g/mol. The maximum Gasteiger partial charge on any atom is 0.223 e. The average molecular weight is 433 g/mol. The van der Waals surface area contributed by atoms with Crippen molar-refractivity contribution in [3.8, 4) is 0 Å². The van der Waals surface area contributed by atoms with E-state index in [4.69, 9.17) is 0 Å². The Morgan fingerprint density at radius 1 is 0.719 bits per heavy atom. The van der Waals surface area contributed by atoms with Crippen molar-refractivity contribution >= 4 is 5.91 Å². The predicted octanol–water partition coefficient (Wildman–Crippen LogP) is 6.19. The van der Waals surface area contributed by atoms with Crippen molar-refractivity contribution in [2.45, 2.75) is 70.9 Å². The summed E-state index contributed by atoms with van der Waals surface area (Å²) in [5.41, 5.74) is 2.75. The highest BCUT2D eigenvalue weighted by Gasteiger charge is 2.28. The highest BCUT2D eigenvalue weighted by Crippen LogP contribution is 2.31. The lowest BCUT2D eigenvalue weighted by Gasteiger charge is -2.33. The van der Waals surface area contributed by atoms with Crippen molar-refractivity contribution in [1.82, 2.24) is 10.2 Å². The first-order valence-electron chi connectivity index (χ1n) is 12.8. The predicted molar refractivity (Wildman–Crippen MR) is 132 cm³/mol. The fourth-order valence-electron chi connectivity index (χ4n) is 5.62. The molecule has 0 spiro atoms. The maximum atomic E-state index is 12.7. The third-order valence-corrected chi connectivity index (χ3v) is 7.52. The number of nitrogens with one attached hydrogen (secondary N) is 1. The van der Waals surface area contributed by atoms with Crippen molar-refractivity contribution < 1.29 is 4.79 Å². The molecule has 2 aliphatic carbocycles. The van der Waals surface area contributed by atoms with Crippen LogP contribution >= 0.6 is 0 Å². The average Bonchev–Trinajstić information content (AvgIpc) is 2.85. The topological polar surface area (TPSA) is 32.3 Å². The monoisotopic (exact) mass is 432 g/mol. The first-order chi connectivity index (χ1) is 15.8. The fourth-order valence-corrected chi connectivity index (χ4v) is 5.62. The molecule has 0 bridgehead atoms. The van der Waals surface area contributed by atoms with Gasteiger partial charge in [-0.2, -0.15) is 0 Å². The van der Waals surface area contributed by atoms with Crippen LogP contribution in [0.1, 0.15) is 68.9 Å². The van der Waals surface area contributed by atoms with E-state index < -0.39 is 0 Å². The Balaban J connectivity index is 1.26. The molecule has 2 saturated carbocycles. The molecule has 0 radical (unpaired) electrons. The minimum atomic E-state index is 0.228. The van der Waals surface area contributed by atoms with Crippen LogP contribution in [0.4, 0.5) is 0 Å². The van der Waals surface area contributed by atoms with Crippen molar-refractivity contribution in [3.63, 3.8) is 0 Å². The molecule has 4 rings (SSSR count). The minimum Gasteiger partial charge on any atom is -0.356 e. The molecule has 0 atom stereocenters. The smallest absolute Gasteiger partial charge is 0.223 e. The Bertz CT molecular complexity index is 751. The van der Waals surface area contributed by atoms with Crippen LogP contribution in [0, 0.1) is 17.8 Å². The van der Waals surface area contributed by atoms with Gasteiger partial charge in [-0.1, -0.05) is 79.9 Å². The van der Waals surface area contributed by atoms with Crippen LogP contribution in [0.5, 0.6) is 0 Å². The molecule has 2 aromatic carbocycles. The minimum absolute atomic E-state index is 0.228. The lowest BCUT2D eigenvalue weighted by atomic mass is 9.81. The van der Waals surface area contributed by atoms with Gasteiger partial charge in [-0.15, -0.1) is 0 Å². The molecule has 2 aliphatic rings. The summed E-state index contributed by atoms with van der Waals surface area (Å²) in [4.78, 5) is 15.3. The third-order valence-electron chi connectivity index (χ3n) is 7.52. The van der Waals surface area contributed by atoms with E-state index in [0.717, 1.165) is 39.0 Å². The van der Waals surface area contributed by atoms with Crippen molar-refractivity contribution in [2.24, 2.45) is 17.8 Å². The molecule has 1 N–H and O–H groups in total. The molecule has 0 aromatic heterocycles. The van der Waals surface area contributed by atoms with E-state index in [2.05, 4.69) is 70.9 Å². The van der Waals surface area contributed by atoms with E-state index in [1.807, 2.05) is 0 Å². The summed E-state index contributed by atoms with van der Waals surface area (Å²) in [5, 5.41) is 3.29. The largest absolute Gasteiger partial charge is 0.356 e. The summed E-state index contributed by atoms with van der Waals surface area (Å²) in [6.45, 7) is 3.98. The fraction of sp³-hybridized carbons (Fsp3) is 0.552. The molecule has 0 heterocycles. The molecule has 172 valence electrons. The SMILES string of the molecule is O=C(NCC1CCCCC1)C1CCC(CN(Cc2ccccc2)Cc2ccccc2)CC1. The second-order valence-corrected chi connectivity index (χ2v) is 10.1. The standard InChI is InChI=1S/C29H40N2O/c32-29(30-20-24-10-4-1-5-11-24)28-18-16-27(17-19-28)23-31(21-25-12-6-2-7-13-25)22-26-14-8-3-9-15-26/h2-3,6-9,12-15,24,27-28H,1,4-5,10-11,16-23H2,(H,30,32). The van der Waals surface area contributed by atoms with Gasteiger partial charge in [0, 0.05) is 32.1 Å². The van der Waals surface area contributed by atoms with Crippen LogP contribution in [-0.2, 0) is 17.9 Å². The van der Waals surface area contributed by atoms with Gasteiger partial charge in [-0.3, -0.25) is 9.69 Å². The zero-order valence-corrected chi connectivity index (χ0v) is 19.6. The van der Waals surface area contributed by atoms with Crippen molar-refractivity contribution in [1.29, 1.82) is 0 Å². The van der Waals surface area contributed by atoms with Gasteiger partial charge in [-0.25, -0.2) is 0 Å². The number of rotatable bonds is 9. The molecule has 3 heteroatoms. The Labute approximate surface area is 194 Å². The molecule has 1 amide bonds. The first kappa shape index (κ1) is 23.0. The van der Waals surface area contributed by atoms with Gasteiger partial charge in [0.05, 0.1) is 0 Å². The molecule has 0 unspecified atom stereocenters. The molecule has 32 heavy (non-hydrogen) atoms. The van der Waals surface area contributed by atoms with E-state index in [9.17, 15) is 4.79 Å². The van der Waals surface area contributed by atoms with Gasteiger partial charge >= 0.3 is 0 Å². The lowest BCUT2D eigenvalue weighted by molar-refractivity contribution is -0.126. The maximum absolute atomic E-state index is 12.7. The van der Waals surface area contributed by atoms with E-state index in [1.54, 1.807) is 0 Å². The number of carbonyl (C=O) groups is 1. The summed E-state index contributed by atoms with van der Waals surface area (Å²) >= 11 is 0. The second kappa shape index (κ2) is 12.2. The van der Waals surface area contributed by atoms with E-state index in [-0.39, 0.29) is 5.92 Å². The molecule has 0 saturated heterocycles. The third kappa shape index (κ3) is 7.20. The van der Waals surface area contributed by atoms with Crippen LogP contribution in [0.25, 0.3) is 0 Å². The Morgan fingerprint density at radius 3 is 1.84 bits per heavy atom.